The number of nitrogen functional groups attached to an aromatic ring is 1. The lowest BCUT2D eigenvalue weighted by molar-refractivity contribution is -0.137. The van der Waals surface area contributed by atoms with Gasteiger partial charge in [0, 0.05) is 5.69 Å². The van der Waals surface area contributed by atoms with Gasteiger partial charge >= 0.3 is 6.18 Å². The van der Waals surface area contributed by atoms with Gasteiger partial charge in [0.25, 0.3) is 0 Å². The second kappa shape index (κ2) is 5.07. The van der Waals surface area contributed by atoms with Gasteiger partial charge in [-0.3, -0.25) is 0 Å². The van der Waals surface area contributed by atoms with Crippen molar-refractivity contribution >= 4 is 5.69 Å². The first-order valence-corrected chi connectivity index (χ1v) is 5.98. The highest BCUT2D eigenvalue weighted by molar-refractivity contribution is 5.52. The van der Waals surface area contributed by atoms with E-state index in [2.05, 4.69) is 0 Å². The number of nitrogens with two attached hydrogens (primary N) is 1. The van der Waals surface area contributed by atoms with Crippen LogP contribution in [0, 0.1) is 13.8 Å². The molecule has 2 rings (SSSR count). The molecule has 5 heteroatoms. The molecule has 0 spiro atoms. The van der Waals surface area contributed by atoms with Crippen molar-refractivity contribution in [2.24, 2.45) is 0 Å². The SMILES string of the molecule is Cc1cc(C)cc(Oc2ccc(N)c(C(F)(F)F)c2)c1. The Morgan fingerprint density at radius 2 is 1.50 bits per heavy atom. The summed E-state index contributed by atoms with van der Waals surface area (Å²) in [6.45, 7) is 3.79. The summed E-state index contributed by atoms with van der Waals surface area (Å²) in [7, 11) is 0. The molecule has 106 valence electrons. The minimum Gasteiger partial charge on any atom is -0.457 e. The van der Waals surface area contributed by atoms with Crippen LogP contribution in [0.15, 0.2) is 36.4 Å². The van der Waals surface area contributed by atoms with Crippen molar-refractivity contribution in [2.75, 3.05) is 5.73 Å². The second-order valence-electron chi connectivity index (χ2n) is 4.67. The molecule has 0 atom stereocenters. The Kier molecular flexibility index (Phi) is 3.61. The minimum absolute atomic E-state index is 0.108. The summed E-state index contributed by atoms with van der Waals surface area (Å²) >= 11 is 0. The van der Waals surface area contributed by atoms with E-state index in [0.29, 0.717) is 5.75 Å². The predicted octanol–water partition coefficient (Wildman–Crippen LogP) is 4.70. The fourth-order valence-corrected chi connectivity index (χ4v) is 1.97. The zero-order valence-corrected chi connectivity index (χ0v) is 11.1. The van der Waals surface area contributed by atoms with Gasteiger partial charge in [-0.2, -0.15) is 13.2 Å². The topological polar surface area (TPSA) is 35.2 Å². The highest BCUT2D eigenvalue weighted by Crippen LogP contribution is 2.36. The quantitative estimate of drug-likeness (QED) is 0.810. The number of benzene rings is 2. The fraction of sp³-hybridized carbons (Fsp3) is 0.200. The summed E-state index contributed by atoms with van der Waals surface area (Å²) in [5.74, 6) is 0.608. The van der Waals surface area contributed by atoms with Crippen LogP contribution in [0.4, 0.5) is 18.9 Å². The Labute approximate surface area is 115 Å². The summed E-state index contributed by atoms with van der Waals surface area (Å²) in [4.78, 5) is 0. The standard InChI is InChI=1S/C15H14F3NO/c1-9-5-10(2)7-12(6-9)20-11-3-4-14(19)13(8-11)15(16,17)18/h3-8H,19H2,1-2H3. The molecule has 0 amide bonds. The predicted molar refractivity (Wildman–Crippen MR) is 71.8 cm³/mol. The van der Waals surface area contributed by atoms with Gasteiger partial charge in [0.15, 0.2) is 0 Å². The number of hydrogen-bond donors (Lipinski definition) is 1. The van der Waals surface area contributed by atoms with Gasteiger partial charge in [0.1, 0.15) is 11.5 Å². The number of hydrogen-bond acceptors (Lipinski definition) is 2. The van der Waals surface area contributed by atoms with Gasteiger partial charge in [0.2, 0.25) is 0 Å². The van der Waals surface area contributed by atoms with Crippen LogP contribution in [0.5, 0.6) is 11.5 Å². The normalized spacial score (nSPS) is 11.4. The van der Waals surface area contributed by atoms with E-state index >= 15 is 0 Å². The molecule has 2 aromatic rings. The Bertz CT molecular complexity index is 615. The van der Waals surface area contributed by atoms with Gasteiger partial charge in [-0.05, 0) is 55.3 Å². The summed E-state index contributed by atoms with van der Waals surface area (Å²) < 4.78 is 43.8. The highest BCUT2D eigenvalue weighted by Gasteiger charge is 2.33. The van der Waals surface area contributed by atoms with Crippen molar-refractivity contribution in [1.29, 1.82) is 0 Å². The lowest BCUT2D eigenvalue weighted by Crippen LogP contribution is -2.08. The van der Waals surface area contributed by atoms with Gasteiger partial charge < -0.3 is 10.5 Å². The van der Waals surface area contributed by atoms with E-state index < -0.39 is 11.7 Å². The molecule has 0 bridgehead atoms. The number of anilines is 1. The zero-order valence-electron chi connectivity index (χ0n) is 11.1. The third kappa shape index (κ3) is 3.23. The van der Waals surface area contributed by atoms with Crippen LogP contribution in [0.3, 0.4) is 0 Å². The molecular formula is C15H14F3NO. The molecule has 0 aliphatic carbocycles. The molecule has 20 heavy (non-hydrogen) atoms. The van der Waals surface area contributed by atoms with Crippen molar-refractivity contribution in [3.05, 3.63) is 53.1 Å². The number of rotatable bonds is 2. The summed E-state index contributed by atoms with van der Waals surface area (Å²) in [6.07, 6.45) is -4.49. The third-order valence-electron chi connectivity index (χ3n) is 2.76. The molecule has 2 N–H and O–H groups in total. The average molecular weight is 281 g/mol. The molecule has 2 aromatic carbocycles. The maximum absolute atomic E-state index is 12.8. The molecule has 0 aliphatic rings. The first-order chi connectivity index (χ1) is 9.25. The first kappa shape index (κ1) is 14.2. The lowest BCUT2D eigenvalue weighted by atomic mass is 10.1. The molecule has 0 aromatic heterocycles. The highest BCUT2D eigenvalue weighted by atomic mass is 19.4. The monoisotopic (exact) mass is 281 g/mol. The molecule has 0 aliphatic heterocycles. The first-order valence-electron chi connectivity index (χ1n) is 5.98. The van der Waals surface area contributed by atoms with E-state index in [1.165, 1.54) is 12.1 Å². The number of halogens is 3. The van der Waals surface area contributed by atoms with Gasteiger partial charge in [-0.25, -0.2) is 0 Å². The van der Waals surface area contributed by atoms with Crippen LogP contribution in [0.1, 0.15) is 16.7 Å². The van der Waals surface area contributed by atoms with Crippen LogP contribution >= 0.6 is 0 Å². The Hall–Kier alpha value is -2.17. The van der Waals surface area contributed by atoms with Crippen LogP contribution in [-0.4, -0.2) is 0 Å². The largest absolute Gasteiger partial charge is 0.457 e. The Morgan fingerprint density at radius 3 is 2.05 bits per heavy atom. The van der Waals surface area contributed by atoms with Gasteiger partial charge in [0.05, 0.1) is 5.56 Å². The van der Waals surface area contributed by atoms with Crippen LogP contribution < -0.4 is 10.5 Å². The minimum atomic E-state index is -4.49. The van der Waals surface area contributed by atoms with Crippen molar-refractivity contribution in [1.82, 2.24) is 0 Å². The van der Waals surface area contributed by atoms with Crippen molar-refractivity contribution in [2.45, 2.75) is 20.0 Å². The molecular weight excluding hydrogens is 267 g/mol. The summed E-state index contributed by atoms with van der Waals surface area (Å²) in [5, 5.41) is 0. The number of ether oxygens (including phenoxy) is 1. The lowest BCUT2D eigenvalue weighted by Gasteiger charge is -2.13. The maximum Gasteiger partial charge on any atom is 0.418 e. The van der Waals surface area contributed by atoms with Crippen LogP contribution in [0.2, 0.25) is 0 Å². The molecule has 0 saturated carbocycles. The van der Waals surface area contributed by atoms with Crippen LogP contribution in [0.25, 0.3) is 0 Å². The molecule has 0 unspecified atom stereocenters. The summed E-state index contributed by atoms with van der Waals surface area (Å²) in [6, 6.07) is 9.00. The van der Waals surface area contributed by atoms with Crippen molar-refractivity contribution in [3.8, 4) is 11.5 Å². The van der Waals surface area contributed by atoms with Crippen molar-refractivity contribution in [3.63, 3.8) is 0 Å². The van der Waals surface area contributed by atoms with E-state index in [9.17, 15) is 13.2 Å². The average Bonchev–Trinajstić information content (AvgIpc) is 2.29. The molecule has 0 radical (unpaired) electrons. The third-order valence-corrected chi connectivity index (χ3v) is 2.76. The van der Waals surface area contributed by atoms with Gasteiger partial charge in [-0.1, -0.05) is 6.07 Å². The second-order valence-corrected chi connectivity index (χ2v) is 4.67. The van der Waals surface area contributed by atoms with E-state index in [1.807, 2.05) is 19.9 Å². The molecule has 0 saturated heterocycles. The molecule has 0 fully saturated rings. The van der Waals surface area contributed by atoms with E-state index in [-0.39, 0.29) is 11.4 Å². The smallest absolute Gasteiger partial charge is 0.418 e. The Balaban J connectivity index is 2.35. The van der Waals surface area contributed by atoms with Gasteiger partial charge in [-0.15, -0.1) is 0 Å². The molecule has 0 heterocycles. The fourth-order valence-electron chi connectivity index (χ4n) is 1.97. The number of alkyl halides is 3. The van der Waals surface area contributed by atoms with Crippen molar-refractivity contribution < 1.29 is 17.9 Å². The van der Waals surface area contributed by atoms with E-state index in [1.54, 1.807) is 12.1 Å². The van der Waals surface area contributed by atoms with E-state index in [0.717, 1.165) is 17.2 Å². The zero-order chi connectivity index (χ0) is 14.9. The number of aryl methyl sites for hydroxylation is 2. The summed E-state index contributed by atoms with van der Waals surface area (Å²) in [5.41, 5.74) is 6.09. The maximum atomic E-state index is 12.8. The molecule has 2 nitrogen and oxygen atoms in total. The van der Waals surface area contributed by atoms with E-state index in [4.69, 9.17) is 10.5 Å². The Morgan fingerprint density at radius 1 is 0.900 bits per heavy atom. The van der Waals surface area contributed by atoms with Crippen LogP contribution in [-0.2, 0) is 6.18 Å².